The lowest BCUT2D eigenvalue weighted by molar-refractivity contribution is -0.136. The molecule has 0 aliphatic heterocycles. The van der Waals surface area contributed by atoms with Crippen LogP contribution in [-0.4, -0.2) is 22.3 Å². The number of halogens is 1. The number of hydrogen-bond acceptors (Lipinski definition) is 5. The number of aryl methyl sites for hydroxylation is 1. The highest BCUT2D eigenvalue weighted by atomic mass is 35.5. The molecule has 8 heteroatoms. The quantitative estimate of drug-likeness (QED) is 0.258. The van der Waals surface area contributed by atoms with Crippen LogP contribution < -0.4 is 5.32 Å². The van der Waals surface area contributed by atoms with Gasteiger partial charge in [-0.05, 0) is 67.0 Å². The first-order valence-electron chi connectivity index (χ1n) is 12.5. The van der Waals surface area contributed by atoms with Crippen molar-refractivity contribution in [3.8, 4) is 22.5 Å². The summed E-state index contributed by atoms with van der Waals surface area (Å²) in [5.41, 5.74) is 7.86. The molecule has 0 radical (unpaired) electrons. The Balaban J connectivity index is 1.36. The predicted molar refractivity (Wildman–Crippen MR) is 145 cm³/mol. The molecule has 7 nitrogen and oxygen atoms in total. The Kier molecular flexibility index (Phi) is 7.20. The average Bonchev–Trinajstić information content (AvgIpc) is 3.52. The first-order valence-corrected chi connectivity index (χ1v) is 12.8. The summed E-state index contributed by atoms with van der Waals surface area (Å²) in [6, 6.07) is 19.0. The third-order valence-corrected chi connectivity index (χ3v) is 7.24. The van der Waals surface area contributed by atoms with Crippen molar-refractivity contribution in [1.82, 2.24) is 5.16 Å². The summed E-state index contributed by atoms with van der Waals surface area (Å²) >= 11 is 6.23. The zero-order chi connectivity index (χ0) is 26.8. The minimum absolute atomic E-state index is 0.0434. The van der Waals surface area contributed by atoms with E-state index in [1.54, 1.807) is 19.9 Å². The van der Waals surface area contributed by atoms with Gasteiger partial charge in [0, 0.05) is 16.1 Å². The van der Waals surface area contributed by atoms with Crippen molar-refractivity contribution in [1.29, 1.82) is 0 Å². The third kappa shape index (κ3) is 5.15. The molecule has 0 saturated heterocycles. The molecule has 1 aliphatic rings. The number of fused-ring (bicyclic) bond motifs is 1. The molecule has 1 amide bonds. The van der Waals surface area contributed by atoms with Gasteiger partial charge < -0.3 is 14.4 Å². The fourth-order valence-electron chi connectivity index (χ4n) is 5.05. The maximum Gasteiger partial charge on any atom is 0.412 e. The number of amides is 1. The molecule has 0 unspecified atom stereocenters. The predicted octanol–water partition coefficient (Wildman–Crippen LogP) is 7.40. The van der Waals surface area contributed by atoms with Crippen molar-refractivity contribution in [3.63, 3.8) is 0 Å². The molecule has 1 aromatic heterocycles. The van der Waals surface area contributed by atoms with Crippen LogP contribution in [0.25, 0.3) is 22.5 Å². The number of nitrogens with zero attached hydrogens (tertiary/aromatic N) is 1. The van der Waals surface area contributed by atoms with Crippen LogP contribution in [-0.2, 0) is 28.8 Å². The number of benzene rings is 3. The number of carboxylic acids is 1. The van der Waals surface area contributed by atoms with E-state index in [2.05, 4.69) is 10.5 Å². The lowest BCUT2D eigenvalue weighted by atomic mass is 9.92. The van der Waals surface area contributed by atoms with Crippen LogP contribution in [0.2, 0.25) is 5.02 Å². The molecular formula is C30H27ClN2O5. The molecule has 5 rings (SSSR count). The molecule has 0 fully saturated rings. The van der Waals surface area contributed by atoms with Gasteiger partial charge in [0.2, 0.25) is 0 Å². The summed E-state index contributed by atoms with van der Waals surface area (Å²) in [4.78, 5) is 24.0. The van der Waals surface area contributed by atoms with Crippen molar-refractivity contribution in [3.05, 3.63) is 93.6 Å². The standard InChI is InChI=1S/C30H27ClN2O5/c1-17-28(32-30(36)37-18(2)22-6-3-4-9-26(22)31)29(38-33-17)20-12-10-19(11-13-20)24-15-14-21(16-27(34)35)23-7-5-8-25(23)24/h3-4,6,9-15,18H,5,7-8,16H2,1-2H3,(H,32,36)(H,34,35)/t18-/m1/s1. The number of carbonyl (C=O) groups excluding carboxylic acids is 1. The largest absolute Gasteiger partial charge is 0.481 e. The third-order valence-electron chi connectivity index (χ3n) is 6.90. The van der Waals surface area contributed by atoms with E-state index in [9.17, 15) is 14.7 Å². The monoisotopic (exact) mass is 530 g/mol. The van der Waals surface area contributed by atoms with Crippen molar-refractivity contribution in [2.45, 2.75) is 45.6 Å². The highest BCUT2D eigenvalue weighted by molar-refractivity contribution is 6.31. The van der Waals surface area contributed by atoms with Gasteiger partial charge in [0.1, 0.15) is 17.5 Å². The number of nitrogens with one attached hydrogen (secondary N) is 1. The minimum Gasteiger partial charge on any atom is -0.481 e. The van der Waals surface area contributed by atoms with Crippen LogP contribution in [0.1, 0.15) is 47.4 Å². The summed E-state index contributed by atoms with van der Waals surface area (Å²) in [6.07, 6.45) is 1.72. The Labute approximate surface area is 225 Å². The van der Waals surface area contributed by atoms with E-state index in [0.717, 1.165) is 47.1 Å². The van der Waals surface area contributed by atoms with Crippen molar-refractivity contribution < 1.29 is 24.0 Å². The Hall–Kier alpha value is -4.10. The number of anilines is 1. The summed E-state index contributed by atoms with van der Waals surface area (Å²) in [5.74, 6) is -0.386. The van der Waals surface area contributed by atoms with E-state index in [0.29, 0.717) is 27.7 Å². The summed E-state index contributed by atoms with van der Waals surface area (Å²) in [5, 5.41) is 16.6. The Morgan fingerprint density at radius 1 is 1.05 bits per heavy atom. The number of aromatic nitrogens is 1. The van der Waals surface area contributed by atoms with Gasteiger partial charge in [-0.3, -0.25) is 10.1 Å². The van der Waals surface area contributed by atoms with E-state index < -0.39 is 18.2 Å². The molecule has 3 aromatic carbocycles. The molecule has 2 N–H and O–H groups in total. The van der Waals surface area contributed by atoms with E-state index in [-0.39, 0.29) is 6.42 Å². The Bertz CT molecular complexity index is 1510. The van der Waals surface area contributed by atoms with E-state index >= 15 is 0 Å². The maximum absolute atomic E-state index is 12.7. The SMILES string of the molecule is Cc1noc(-c2ccc(-c3ccc(CC(=O)O)c4c3CCC4)cc2)c1NC(=O)O[C@H](C)c1ccccc1Cl. The lowest BCUT2D eigenvalue weighted by Crippen LogP contribution is -2.17. The van der Waals surface area contributed by atoms with Gasteiger partial charge >= 0.3 is 12.1 Å². The molecule has 0 spiro atoms. The first-order chi connectivity index (χ1) is 18.3. The van der Waals surface area contributed by atoms with Crippen LogP contribution in [0.3, 0.4) is 0 Å². The van der Waals surface area contributed by atoms with Crippen molar-refractivity contribution >= 4 is 29.4 Å². The lowest BCUT2D eigenvalue weighted by Gasteiger charge is -2.15. The van der Waals surface area contributed by atoms with Crippen LogP contribution in [0.15, 0.2) is 65.2 Å². The molecule has 4 aromatic rings. The fraction of sp³-hybridized carbons (Fsp3) is 0.233. The highest BCUT2D eigenvalue weighted by Crippen LogP contribution is 2.37. The zero-order valence-corrected chi connectivity index (χ0v) is 21.8. The normalized spacial score (nSPS) is 13.1. The number of carboxylic acid groups (broad SMARTS) is 1. The molecule has 194 valence electrons. The van der Waals surface area contributed by atoms with Gasteiger partial charge in [0.05, 0.1) is 6.42 Å². The molecule has 0 bridgehead atoms. The first kappa shape index (κ1) is 25.5. The molecule has 1 atom stereocenters. The maximum atomic E-state index is 12.7. The number of rotatable bonds is 7. The Morgan fingerprint density at radius 2 is 1.76 bits per heavy atom. The van der Waals surface area contributed by atoms with Crippen LogP contribution in [0.5, 0.6) is 0 Å². The minimum atomic E-state index is -0.815. The second-order valence-corrected chi connectivity index (χ2v) is 9.80. The van der Waals surface area contributed by atoms with Gasteiger partial charge in [-0.15, -0.1) is 0 Å². The van der Waals surface area contributed by atoms with Crippen LogP contribution >= 0.6 is 11.6 Å². The van der Waals surface area contributed by atoms with Crippen LogP contribution in [0.4, 0.5) is 10.5 Å². The van der Waals surface area contributed by atoms with Crippen molar-refractivity contribution in [2.75, 3.05) is 5.32 Å². The van der Waals surface area contributed by atoms with Gasteiger partial charge in [0.15, 0.2) is 5.76 Å². The number of carbonyl (C=O) groups is 2. The van der Waals surface area contributed by atoms with E-state index in [1.807, 2.05) is 54.6 Å². The number of hydrogen-bond donors (Lipinski definition) is 2. The number of ether oxygens (including phenoxy) is 1. The molecular weight excluding hydrogens is 504 g/mol. The second kappa shape index (κ2) is 10.7. The second-order valence-electron chi connectivity index (χ2n) is 9.40. The van der Waals surface area contributed by atoms with Gasteiger partial charge in [0.25, 0.3) is 0 Å². The number of aliphatic carboxylic acids is 1. The fourth-order valence-corrected chi connectivity index (χ4v) is 5.34. The smallest absolute Gasteiger partial charge is 0.412 e. The van der Waals surface area contributed by atoms with Gasteiger partial charge in [-0.1, -0.05) is 71.4 Å². The molecule has 0 saturated carbocycles. The zero-order valence-electron chi connectivity index (χ0n) is 21.1. The molecule has 1 heterocycles. The van der Waals surface area contributed by atoms with Crippen LogP contribution in [0, 0.1) is 6.92 Å². The summed E-state index contributed by atoms with van der Waals surface area (Å²) in [6.45, 7) is 3.50. The average molecular weight is 531 g/mol. The van der Waals surface area contributed by atoms with E-state index in [4.69, 9.17) is 20.9 Å². The summed E-state index contributed by atoms with van der Waals surface area (Å²) < 4.78 is 11.1. The highest BCUT2D eigenvalue weighted by Gasteiger charge is 2.23. The topological polar surface area (TPSA) is 102 Å². The van der Waals surface area contributed by atoms with Gasteiger partial charge in [-0.2, -0.15) is 0 Å². The Morgan fingerprint density at radius 3 is 2.50 bits per heavy atom. The summed E-state index contributed by atoms with van der Waals surface area (Å²) in [7, 11) is 0. The van der Waals surface area contributed by atoms with E-state index in [1.165, 1.54) is 5.56 Å². The van der Waals surface area contributed by atoms with Crippen molar-refractivity contribution in [2.24, 2.45) is 0 Å². The molecule has 1 aliphatic carbocycles. The molecule has 38 heavy (non-hydrogen) atoms. The van der Waals surface area contributed by atoms with Gasteiger partial charge in [-0.25, -0.2) is 4.79 Å².